The highest BCUT2D eigenvalue weighted by Gasteiger charge is 2.30. The Kier molecular flexibility index (Phi) is 7.36. The maximum atomic E-state index is 12.9. The number of carbonyl (C=O) groups excluding carboxylic acids is 1. The van der Waals surface area contributed by atoms with E-state index >= 15 is 0 Å². The number of carbonyl (C=O) groups is 1. The van der Waals surface area contributed by atoms with Gasteiger partial charge in [-0.15, -0.1) is 0 Å². The van der Waals surface area contributed by atoms with Crippen molar-refractivity contribution < 1.29 is 13.8 Å². The van der Waals surface area contributed by atoms with Crippen molar-refractivity contribution in [3.05, 3.63) is 71.0 Å². The van der Waals surface area contributed by atoms with Gasteiger partial charge in [0.15, 0.2) is 0 Å². The summed E-state index contributed by atoms with van der Waals surface area (Å²) in [6.07, 6.45) is 20.1. The number of rotatable bonds is 7. The number of Topliss-reactive ketones (excluding diaryl/α,β-unsaturated/α-hetero) is 1. The van der Waals surface area contributed by atoms with Crippen molar-refractivity contribution in [3.63, 3.8) is 0 Å². The Morgan fingerprint density at radius 2 is 1.94 bits per heavy atom. The van der Waals surface area contributed by atoms with Crippen LogP contribution >= 0.6 is 0 Å². The first kappa shape index (κ1) is 22.5. The first-order chi connectivity index (χ1) is 16.3. The van der Waals surface area contributed by atoms with Gasteiger partial charge in [-0.1, -0.05) is 54.5 Å². The van der Waals surface area contributed by atoms with Crippen LogP contribution in [0.4, 0.5) is 0 Å². The van der Waals surface area contributed by atoms with E-state index in [1.54, 1.807) is 0 Å². The lowest BCUT2D eigenvalue weighted by Crippen LogP contribution is -2.25. The minimum atomic E-state index is 0. The molecule has 0 aromatic heterocycles. The van der Waals surface area contributed by atoms with Crippen LogP contribution in [0.5, 0.6) is 0 Å². The second-order valence-corrected chi connectivity index (χ2v) is 10.3. The summed E-state index contributed by atoms with van der Waals surface area (Å²) in [5, 5.41) is 0. The molecule has 2 heterocycles. The van der Waals surface area contributed by atoms with Crippen LogP contribution in [0.15, 0.2) is 64.8 Å². The van der Waals surface area contributed by atoms with E-state index in [2.05, 4.69) is 42.5 Å². The number of hydrogen-bond acceptors (Lipinski definition) is 3. The van der Waals surface area contributed by atoms with Gasteiger partial charge in [0.05, 0.1) is 5.71 Å². The van der Waals surface area contributed by atoms with Crippen LogP contribution in [-0.4, -0.2) is 24.7 Å². The van der Waals surface area contributed by atoms with Crippen molar-refractivity contribution in [1.29, 1.82) is 0 Å². The summed E-state index contributed by atoms with van der Waals surface area (Å²) < 4.78 is 5.51. The summed E-state index contributed by atoms with van der Waals surface area (Å²) in [6, 6.07) is 8.93. The van der Waals surface area contributed by atoms with Gasteiger partial charge < -0.3 is 4.74 Å². The van der Waals surface area contributed by atoms with Crippen molar-refractivity contribution in [2.45, 2.75) is 76.5 Å². The molecule has 33 heavy (non-hydrogen) atoms. The topological polar surface area (TPSA) is 38.7 Å². The molecule has 180 valence electrons. The van der Waals surface area contributed by atoms with Gasteiger partial charge in [0.2, 0.25) is 0 Å². The monoisotopic (exact) mass is 449 g/mol. The highest BCUT2D eigenvalue weighted by atomic mass is 16.5. The van der Waals surface area contributed by atoms with Crippen LogP contribution < -0.4 is 0 Å². The number of benzene rings is 1. The minimum absolute atomic E-state index is 0. The molecule has 1 aromatic carbocycles. The van der Waals surface area contributed by atoms with E-state index in [-0.39, 0.29) is 4.28 Å². The summed E-state index contributed by atoms with van der Waals surface area (Å²) in [5.74, 6) is 2.05. The Bertz CT molecular complexity index is 992. The second-order valence-electron chi connectivity index (χ2n) is 10.3. The van der Waals surface area contributed by atoms with Crippen molar-refractivity contribution in [2.24, 2.45) is 16.8 Å². The average molecular weight is 450 g/mol. The van der Waals surface area contributed by atoms with Crippen LogP contribution in [0.3, 0.4) is 0 Å². The van der Waals surface area contributed by atoms with Gasteiger partial charge in [-0.2, -0.15) is 0 Å². The molecule has 2 fully saturated rings. The molecule has 2 atom stereocenters. The molecule has 4 aliphatic rings. The van der Waals surface area contributed by atoms with E-state index in [0.29, 0.717) is 30.0 Å². The molecule has 0 N–H and O–H groups in total. The fourth-order valence-corrected chi connectivity index (χ4v) is 6.20. The molecule has 2 aliphatic carbocycles. The molecule has 1 saturated heterocycles. The van der Waals surface area contributed by atoms with E-state index in [9.17, 15) is 4.79 Å². The number of ether oxygens (including phenoxy) is 1. The lowest BCUT2D eigenvalue weighted by Gasteiger charge is -2.30. The van der Waals surface area contributed by atoms with Gasteiger partial charge in [-0.3, -0.25) is 9.79 Å². The van der Waals surface area contributed by atoms with Crippen LogP contribution in [0.25, 0.3) is 0 Å². The third-order valence-electron chi connectivity index (χ3n) is 8.01. The molecule has 2 unspecified atom stereocenters. The number of ketones is 1. The van der Waals surface area contributed by atoms with E-state index in [1.807, 2.05) is 6.20 Å². The maximum Gasteiger partial charge on any atom is 0.133 e. The zero-order valence-corrected chi connectivity index (χ0v) is 19.8. The highest BCUT2D eigenvalue weighted by Crippen LogP contribution is 2.37. The molecule has 0 amide bonds. The molecule has 3 nitrogen and oxygen atoms in total. The Hall–Kier alpha value is -2.26. The Morgan fingerprint density at radius 1 is 1.06 bits per heavy atom. The molecule has 3 heteroatoms. The van der Waals surface area contributed by atoms with Crippen LogP contribution in [0.2, 0.25) is 0 Å². The molecule has 5 rings (SSSR count). The van der Waals surface area contributed by atoms with Gasteiger partial charge in [-0.05, 0) is 79.9 Å². The Morgan fingerprint density at radius 3 is 2.85 bits per heavy atom. The summed E-state index contributed by atoms with van der Waals surface area (Å²) in [6.45, 7) is 1.74. The molecule has 1 saturated carbocycles. The smallest absolute Gasteiger partial charge is 0.133 e. The van der Waals surface area contributed by atoms with Gasteiger partial charge in [0.25, 0.3) is 0 Å². The lowest BCUT2D eigenvalue weighted by atomic mass is 9.75. The normalized spacial score (nSPS) is 25.6. The SMILES string of the molecule is O=C(CCc1cccc(C2CCOCC2)c1)CC1CCCC(C2=NC=CCC3=C2C=CC3)C1.[HH].[HH].[HH]. The first-order valence-electron chi connectivity index (χ1n) is 13.1. The van der Waals surface area contributed by atoms with E-state index in [1.165, 1.54) is 47.2 Å². The quantitative estimate of drug-likeness (QED) is 0.429. The van der Waals surface area contributed by atoms with Crippen molar-refractivity contribution in [3.8, 4) is 0 Å². The Balaban J connectivity index is 0.00000152. The summed E-state index contributed by atoms with van der Waals surface area (Å²) in [4.78, 5) is 17.8. The predicted octanol–water partition coefficient (Wildman–Crippen LogP) is 7.63. The van der Waals surface area contributed by atoms with Gasteiger partial charge in [0, 0.05) is 42.5 Å². The van der Waals surface area contributed by atoms with Crippen molar-refractivity contribution >= 4 is 11.5 Å². The third-order valence-corrected chi connectivity index (χ3v) is 8.01. The van der Waals surface area contributed by atoms with Gasteiger partial charge in [0.1, 0.15) is 5.78 Å². The van der Waals surface area contributed by atoms with Crippen LogP contribution in [0.1, 0.15) is 85.5 Å². The highest BCUT2D eigenvalue weighted by molar-refractivity contribution is 6.06. The fraction of sp³-hybridized carbons (Fsp3) is 0.533. The number of hydrogen-bond donors (Lipinski definition) is 0. The van der Waals surface area contributed by atoms with Crippen LogP contribution in [0, 0.1) is 11.8 Å². The zero-order valence-electron chi connectivity index (χ0n) is 19.8. The van der Waals surface area contributed by atoms with Crippen molar-refractivity contribution in [1.82, 2.24) is 0 Å². The minimum Gasteiger partial charge on any atom is -0.381 e. The second kappa shape index (κ2) is 10.8. The third kappa shape index (κ3) is 5.63. The van der Waals surface area contributed by atoms with Gasteiger partial charge in [-0.25, -0.2) is 0 Å². The molecular formula is C30H43NO2. The molecule has 0 spiro atoms. The van der Waals surface area contributed by atoms with E-state index in [0.717, 1.165) is 58.2 Å². The number of aliphatic imine (C=N–C) groups is 1. The van der Waals surface area contributed by atoms with Crippen LogP contribution in [-0.2, 0) is 16.0 Å². The first-order valence-corrected chi connectivity index (χ1v) is 13.1. The summed E-state index contributed by atoms with van der Waals surface area (Å²) in [5.41, 5.74) is 6.92. The van der Waals surface area contributed by atoms with Crippen molar-refractivity contribution in [2.75, 3.05) is 13.2 Å². The standard InChI is InChI=1S/C30H37NO2.3H2/c32-28(13-12-22-5-1-8-26(19-22)24-14-17-33-18-15-24)21-23-6-2-9-27(20-23)30-29-11-3-7-25(29)10-4-16-31-30;;;/h1,3-5,8,11,16,19,23-24,27H,2,6-7,9-10,12-15,17-18,20-21H2;3*1H. The number of allylic oxidation sites excluding steroid dienone is 5. The number of nitrogens with zero attached hydrogens (tertiary/aromatic N) is 1. The van der Waals surface area contributed by atoms with Gasteiger partial charge >= 0.3 is 0 Å². The molecule has 0 radical (unpaired) electrons. The summed E-state index contributed by atoms with van der Waals surface area (Å²) in [7, 11) is 0. The fourth-order valence-electron chi connectivity index (χ4n) is 6.20. The maximum absolute atomic E-state index is 12.9. The van der Waals surface area contributed by atoms with E-state index in [4.69, 9.17) is 9.73 Å². The molecule has 0 bridgehead atoms. The molecule has 1 aromatic rings. The molecular weight excluding hydrogens is 406 g/mol. The van der Waals surface area contributed by atoms with E-state index < -0.39 is 0 Å². The lowest BCUT2D eigenvalue weighted by molar-refractivity contribution is -0.120. The molecule has 2 aliphatic heterocycles. The summed E-state index contributed by atoms with van der Waals surface area (Å²) >= 11 is 0. The Labute approximate surface area is 203 Å². The number of aryl methyl sites for hydroxylation is 1. The largest absolute Gasteiger partial charge is 0.381 e. The predicted molar refractivity (Wildman–Crippen MR) is 141 cm³/mol. The average Bonchev–Trinajstić information content (AvgIpc) is 3.22. The zero-order chi connectivity index (χ0) is 22.5.